The topological polar surface area (TPSA) is 94.3 Å². The number of nitrogens with one attached hydrogen (secondary N) is 3. The lowest BCUT2D eigenvalue weighted by atomic mass is 10.0. The molecule has 0 bridgehead atoms. The van der Waals surface area contributed by atoms with Gasteiger partial charge in [0.15, 0.2) is 12.4 Å². The summed E-state index contributed by atoms with van der Waals surface area (Å²) >= 11 is 0. The third-order valence-electron chi connectivity index (χ3n) is 5.07. The molecule has 2 aromatic rings. The summed E-state index contributed by atoms with van der Waals surface area (Å²) in [5.41, 5.74) is 8.36. The van der Waals surface area contributed by atoms with Gasteiger partial charge in [-0.05, 0) is 42.9 Å². The number of hydrogen-bond donors (Lipinski definition) is 4. The van der Waals surface area contributed by atoms with Crippen molar-refractivity contribution in [3.63, 3.8) is 0 Å². The van der Waals surface area contributed by atoms with Crippen LogP contribution in [0.2, 0.25) is 0 Å². The molecule has 0 aliphatic carbocycles. The number of amides is 2. The summed E-state index contributed by atoms with van der Waals surface area (Å²) in [4.78, 5) is 23.6. The van der Waals surface area contributed by atoms with E-state index in [9.17, 15) is 9.59 Å². The zero-order chi connectivity index (χ0) is 22.3. The maximum Gasteiger partial charge on any atom is 0.327 e. The lowest BCUT2D eigenvalue weighted by molar-refractivity contribution is -0.697. The highest BCUT2D eigenvalue weighted by Gasteiger charge is 2.13. The second-order valence-electron chi connectivity index (χ2n) is 7.57. The zero-order valence-corrected chi connectivity index (χ0v) is 18.4. The Morgan fingerprint density at radius 2 is 1.71 bits per heavy atom. The molecule has 4 N–H and O–H groups in total. The van der Waals surface area contributed by atoms with Crippen molar-refractivity contribution >= 4 is 17.5 Å². The number of hydrogen-bond acceptors (Lipinski definition) is 4. The number of aliphatic hydroxyl groups excluding tert-OH is 1. The van der Waals surface area contributed by atoms with Crippen molar-refractivity contribution in [1.29, 1.82) is 0 Å². The second kappa shape index (κ2) is 14.1. The molecule has 0 saturated carbocycles. The molecule has 0 atom stereocenters. The number of hydrazine groups is 1. The minimum Gasteiger partial charge on any atom is -0.396 e. The number of aromatic nitrogens is 1. The monoisotopic (exact) mass is 427 g/mol. The SMILES string of the molecule is CCCCCC[n+]1ccc(CCc2ccccc2NNC(=O)C(=O)NCCCO)cc1. The van der Waals surface area contributed by atoms with Crippen LogP contribution in [0.4, 0.5) is 5.69 Å². The molecule has 1 heterocycles. The van der Waals surface area contributed by atoms with Crippen LogP contribution >= 0.6 is 0 Å². The fourth-order valence-electron chi connectivity index (χ4n) is 3.21. The summed E-state index contributed by atoms with van der Waals surface area (Å²) < 4.78 is 2.23. The number of carbonyl (C=O) groups is 2. The van der Waals surface area contributed by atoms with Crippen molar-refractivity contribution in [2.75, 3.05) is 18.6 Å². The van der Waals surface area contributed by atoms with Crippen LogP contribution in [-0.2, 0) is 29.0 Å². The zero-order valence-electron chi connectivity index (χ0n) is 18.4. The van der Waals surface area contributed by atoms with Crippen molar-refractivity contribution in [2.24, 2.45) is 0 Å². The van der Waals surface area contributed by atoms with E-state index in [2.05, 4.69) is 52.2 Å². The molecule has 168 valence electrons. The highest BCUT2D eigenvalue weighted by molar-refractivity contribution is 6.35. The Balaban J connectivity index is 1.82. The number of aryl methyl sites for hydroxylation is 3. The fraction of sp³-hybridized carbons (Fsp3) is 0.458. The lowest BCUT2D eigenvalue weighted by Crippen LogP contribution is -2.42. The average molecular weight is 428 g/mol. The number of nitrogens with zero attached hydrogens (tertiary/aromatic N) is 1. The molecule has 0 saturated heterocycles. The van der Waals surface area contributed by atoms with Crippen LogP contribution in [0.3, 0.4) is 0 Å². The van der Waals surface area contributed by atoms with Gasteiger partial charge in [-0.1, -0.05) is 38.0 Å². The number of carbonyl (C=O) groups excluding carboxylic acids is 2. The van der Waals surface area contributed by atoms with Gasteiger partial charge in [0.05, 0.1) is 5.69 Å². The maximum atomic E-state index is 11.9. The molecule has 0 radical (unpaired) electrons. The normalized spacial score (nSPS) is 10.5. The highest BCUT2D eigenvalue weighted by atomic mass is 16.3. The molecule has 7 nitrogen and oxygen atoms in total. The predicted molar refractivity (Wildman–Crippen MR) is 121 cm³/mol. The van der Waals surface area contributed by atoms with E-state index in [0.29, 0.717) is 6.42 Å². The molecule has 1 aromatic heterocycles. The number of benzene rings is 1. The molecule has 0 fully saturated rings. The first-order chi connectivity index (χ1) is 15.1. The molecule has 1 aromatic carbocycles. The molecule has 31 heavy (non-hydrogen) atoms. The molecule has 2 amide bonds. The van der Waals surface area contributed by atoms with E-state index in [4.69, 9.17) is 5.11 Å². The largest absolute Gasteiger partial charge is 0.396 e. The van der Waals surface area contributed by atoms with Crippen LogP contribution in [0.15, 0.2) is 48.8 Å². The van der Waals surface area contributed by atoms with E-state index < -0.39 is 11.8 Å². The molecular weight excluding hydrogens is 392 g/mol. The van der Waals surface area contributed by atoms with Gasteiger partial charge >= 0.3 is 11.8 Å². The summed E-state index contributed by atoms with van der Waals surface area (Å²) in [7, 11) is 0. The van der Waals surface area contributed by atoms with Gasteiger partial charge in [-0.15, -0.1) is 0 Å². The molecule has 0 spiro atoms. The number of anilines is 1. The highest BCUT2D eigenvalue weighted by Crippen LogP contribution is 2.16. The summed E-state index contributed by atoms with van der Waals surface area (Å²) in [6.07, 6.45) is 11.4. The van der Waals surface area contributed by atoms with Gasteiger partial charge in [-0.2, -0.15) is 0 Å². The van der Waals surface area contributed by atoms with Crippen LogP contribution in [0.1, 0.15) is 50.2 Å². The van der Waals surface area contributed by atoms with E-state index >= 15 is 0 Å². The van der Waals surface area contributed by atoms with Crippen molar-refractivity contribution in [3.05, 3.63) is 59.9 Å². The van der Waals surface area contributed by atoms with E-state index in [1.165, 1.54) is 31.2 Å². The molecule has 7 heteroatoms. The van der Waals surface area contributed by atoms with Crippen LogP contribution in [0, 0.1) is 0 Å². The van der Waals surface area contributed by atoms with Crippen LogP contribution in [-0.4, -0.2) is 30.1 Å². The van der Waals surface area contributed by atoms with Gasteiger partial charge < -0.3 is 10.4 Å². The smallest absolute Gasteiger partial charge is 0.327 e. The predicted octanol–water partition coefficient (Wildman–Crippen LogP) is 2.28. The van der Waals surface area contributed by atoms with Crippen LogP contribution in [0.25, 0.3) is 0 Å². The Morgan fingerprint density at radius 1 is 0.935 bits per heavy atom. The molecule has 0 unspecified atom stereocenters. The first kappa shape index (κ1) is 24.3. The molecule has 2 rings (SSSR count). The molecular formula is C24H35N4O3+. The fourth-order valence-corrected chi connectivity index (χ4v) is 3.21. The lowest BCUT2D eigenvalue weighted by Gasteiger charge is -2.13. The Morgan fingerprint density at radius 3 is 2.45 bits per heavy atom. The Hall–Kier alpha value is -2.93. The summed E-state index contributed by atoms with van der Waals surface area (Å²) in [6.45, 7) is 3.50. The molecule has 0 aliphatic heterocycles. The standard InChI is InChI=1S/C24H34N4O3/c1-2-3-4-7-16-28-17-13-20(14-18-28)11-12-21-9-5-6-10-22(21)26-27-24(31)23(30)25-15-8-19-29/h5-6,9-10,13-14,17-18,29H,2-4,7-8,11-12,15-16,19H2,1H3,(H2-,25,26,27,30,31)/p+1. The number of aliphatic hydroxyl groups is 1. The Bertz CT molecular complexity index is 809. The average Bonchev–Trinajstić information content (AvgIpc) is 2.80. The van der Waals surface area contributed by atoms with Crippen molar-refractivity contribution in [3.8, 4) is 0 Å². The van der Waals surface area contributed by atoms with Crippen LogP contribution < -0.4 is 20.7 Å². The number of pyridine rings is 1. The quantitative estimate of drug-likeness (QED) is 0.171. The second-order valence-corrected chi connectivity index (χ2v) is 7.57. The van der Waals surface area contributed by atoms with Gasteiger partial charge in [0, 0.05) is 31.7 Å². The minimum absolute atomic E-state index is 0.0338. The van der Waals surface area contributed by atoms with Gasteiger partial charge in [-0.3, -0.25) is 20.4 Å². The minimum atomic E-state index is -0.765. The van der Waals surface area contributed by atoms with E-state index in [1.54, 1.807) is 0 Å². The van der Waals surface area contributed by atoms with E-state index in [1.807, 2.05) is 24.3 Å². The van der Waals surface area contributed by atoms with Crippen molar-refractivity contribution in [1.82, 2.24) is 10.7 Å². The van der Waals surface area contributed by atoms with Gasteiger partial charge in [0.2, 0.25) is 0 Å². The maximum absolute atomic E-state index is 11.9. The number of unbranched alkanes of at least 4 members (excludes halogenated alkanes) is 3. The third kappa shape index (κ3) is 9.17. The van der Waals surface area contributed by atoms with Gasteiger partial charge in [0.1, 0.15) is 6.54 Å². The summed E-state index contributed by atoms with van der Waals surface area (Å²) in [5, 5.41) is 11.2. The first-order valence-electron chi connectivity index (χ1n) is 11.1. The first-order valence-corrected chi connectivity index (χ1v) is 11.1. The molecule has 0 aliphatic rings. The van der Waals surface area contributed by atoms with Crippen molar-refractivity contribution < 1.29 is 19.3 Å². The Labute approximate surface area is 184 Å². The van der Waals surface area contributed by atoms with E-state index in [-0.39, 0.29) is 13.2 Å². The van der Waals surface area contributed by atoms with Crippen LogP contribution in [0.5, 0.6) is 0 Å². The summed E-state index contributed by atoms with van der Waals surface area (Å²) in [6, 6.07) is 12.0. The van der Waals surface area contributed by atoms with Gasteiger partial charge in [0.25, 0.3) is 0 Å². The number of rotatable bonds is 13. The van der Waals surface area contributed by atoms with Gasteiger partial charge in [-0.25, -0.2) is 4.57 Å². The number of para-hydroxylation sites is 1. The van der Waals surface area contributed by atoms with Crippen molar-refractivity contribution in [2.45, 2.75) is 58.4 Å². The van der Waals surface area contributed by atoms with E-state index in [0.717, 1.165) is 30.6 Å². The Kier molecular flexibility index (Phi) is 11.1. The third-order valence-corrected chi connectivity index (χ3v) is 5.07. The summed E-state index contributed by atoms with van der Waals surface area (Å²) in [5.74, 6) is -1.50.